The number of ether oxygens (including phenoxy) is 2. The van der Waals surface area contributed by atoms with E-state index in [2.05, 4.69) is 9.71 Å². The topological polar surface area (TPSA) is 77.5 Å². The molecule has 3 rings (SSSR count). The van der Waals surface area contributed by atoms with Crippen LogP contribution in [0, 0.1) is 0 Å². The first kappa shape index (κ1) is 19.9. The highest BCUT2D eigenvalue weighted by Crippen LogP contribution is 2.31. The van der Waals surface area contributed by atoms with Crippen LogP contribution in [0.5, 0.6) is 11.5 Å². The molecule has 3 aromatic rings. The Morgan fingerprint density at radius 1 is 0.929 bits per heavy atom. The number of rotatable bonds is 9. The molecule has 1 heterocycles. The summed E-state index contributed by atoms with van der Waals surface area (Å²) in [4.78, 5) is 4.40. The molecule has 0 aliphatic carbocycles. The van der Waals surface area contributed by atoms with Crippen molar-refractivity contribution in [2.75, 3.05) is 17.9 Å². The van der Waals surface area contributed by atoms with E-state index in [0.29, 0.717) is 30.4 Å². The third kappa shape index (κ3) is 4.72. The summed E-state index contributed by atoms with van der Waals surface area (Å²) in [5.74, 6) is 0.969. The van der Waals surface area contributed by atoms with Crippen molar-refractivity contribution in [3.63, 3.8) is 0 Å². The van der Waals surface area contributed by atoms with Crippen LogP contribution in [0.3, 0.4) is 0 Å². The summed E-state index contributed by atoms with van der Waals surface area (Å²) in [5, 5.41) is 0.859. The third-order valence-electron chi connectivity index (χ3n) is 3.99. The lowest BCUT2D eigenvalue weighted by Gasteiger charge is -2.14. The lowest BCUT2D eigenvalue weighted by atomic mass is 10.2. The van der Waals surface area contributed by atoms with Crippen LogP contribution >= 0.6 is 0 Å². The van der Waals surface area contributed by atoms with E-state index in [4.69, 9.17) is 9.47 Å². The molecule has 28 heavy (non-hydrogen) atoms. The number of aromatic nitrogens is 1. The molecule has 0 aliphatic rings. The molecule has 2 aromatic carbocycles. The fourth-order valence-electron chi connectivity index (χ4n) is 2.65. The number of para-hydroxylation sites is 1. The van der Waals surface area contributed by atoms with Gasteiger partial charge < -0.3 is 9.47 Å². The Morgan fingerprint density at radius 3 is 2.39 bits per heavy atom. The first-order chi connectivity index (χ1) is 13.5. The summed E-state index contributed by atoms with van der Waals surface area (Å²) < 4.78 is 39.7. The molecule has 6 nitrogen and oxygen atoms in total. The summed E-state index contributed by atoms with van der Waals surface area (Å²) in [6.45, 7) is 5.01. The lowest BCUT2D eigenvalue weighted by Crippen LogP contribution is -2.13. The van der Waals surface area contributed by atoms with Gasteiger partial charge in [0.05, 0.1) is 35.5 Å². The first-order valence-corrected chi connectivity index (χ1v) is 10.8. The Kier molecular flexibility index (Phi) is 6.36. The van der Waals surface area contributed by atoms with Crippen LogP contribution in [0.15, 0.2) is 59.6 Å². The predicted molar refractivity (Wildman–Crippen MR) is 111 cm³/mol. The predicted octanol–water partition coefficient (Wildman–Crippen LogP) is 4.61. The Bertz CT molecular complexity index is 1050. The second kappa shape index (κ2) is 8.93. The zero-order chi connectivity index (χ0) is 20.0. The summed E-state index contributed by atoms with van der Waals surface area (Å²) >= 11 is 0. The van der Waals surface area contributed by atoms with Crippen LogP contribution < -0.4 is 14.2 Å². The van der Waals surface area contributed by atoms with Gasteiger partial charge in [0.25, 0.3) is 10.0 Å². The van der Waals surface area contributed by atoms with Crippen LogP contribution in [-0.4, -0.2) is 26.6 Å². The van der Waals surface area contributed by atoms with Gasteiger partial charge in [0.1, 0.15) is 0 Å². The largest absolute Gasteiger partial charge is 0.490 e. The van der Waals surface area contributed by atoms with Gasteiger partial charge in [-0.05, 0) is 37.1 Å². The molecule has 0 radical (unpaired) electrons. The molecule has 0 unspecified atom stereocenters. The highest BCUT2D eigenvalue weighted by Gasteiger charge is 2.18. The molecule has 0 atom stereocenters. The average Bonchev–Trinajstić information content (AvgIpc) is 2.70. The van der Waals surface area contributed by atoms with E-state index in [1.165, 1.54) is 18.3 Å². The Labute approximate surface area is 165 Å². The van der Waals surface area contributed by atoms with Crippen molar-refractivity contribution in [3.05, 3.63) is 54.7 Å². The fraction of sp³-hybridized carbons (Fsp3) is 0.286. The van der Waals surface area contributed by atoms with Gasteiger partial charge in [-0.1, -0.05) is 32.0 Å². The SMILES string of the molecule is CCCOc1ccc(S(=O)(=O)Nc2cnc3ccccc3c2)cc1OCCC. The van der Waals surface area contributed by atoms with Gasteiger partial charge >= 0.3 is 0 Å². The van der Waals surface area contributed by atoms with Crippen molar-refractivity contribution >= 4 is 26.6 Å². The van der Waals surface area contributed by atoms with Gasteiger partial charge in [-0.25, -0.2) is 8.42 Å². The van der Waals surface area contributed by atoms with Crippen molar-refractivity contribution in [3.8, 4) is 11.5 Å². The van der Waals surface area contributed by atoms with Crippen molar-refractivity contribution in [2.45, 2.75) is 31.6 Å². The van der Waals surface area contributed by atoms with E-state index >= 15 is 0 Å². The van der Waals surface area contributed by atoms with Gasteiger partial charge in [-0.2, -0.15) is 0 Å². The van der Waals surface area contributed by atoms with Crippen molar-refractivity contribution < 1.29 is 17.9 Å². The van der Waals surface area contributed by atoms with Crippen LogP contribution in [0.4, 0.5) is 5.69 Å². The summed E-state index contributed by atoms with van der Waals surface area (Å²) in [6, 6.07) is 13.9. The molecule has 0 saturated carbocycles. The minimum Gasteiger partial charge on any atom is -0.490 e. The minimum atomic E-state index is -3.79. The standard InChI is InChI=1S/C21H24N2O4S/c1-3-11-26-20-10-9-18(14-21(20)27-12-4-2)28(24,25)23-17-13-16-7-5-6-8-19(16)22-15-17/h5-10,13-15,23H,3-4,11-12H2,1-2H3. The van der Waals surface area contributed by atoms with Gasteiger partial charge in [0.2, 0.25) is 0 Å². The molecule has 0 bridgehead atoms. The van der Waals surface area contributed by atoms with Gasteiger partial charge in [0.15, 0.2) is 11.5 Å². The molecule has 7 heteroatoms. The number of anilines is 1. The van der Waals surface area contributed by atoms with Crippen molar-refractivity contribution in [1.82, 2.24) is 4.98 Å². The van der Waals surface area contributed by atoms with E-state index in [1.807, 2.05) is 38.1 Å². The van der Waals surface area contributed by atoms with Gasteiger partial charge in [-0.15, -0.1) is 0 Å². The maximum absolute atomic E-state index is 12.9. The Morgan fingerprint density at radius 2 is 1.64 bits per heavy atom. The summed E-state index contributed by atoms with van der Waals surface area (Å²) in [7, 11) is -3.79. The van der Waals surface area contributed by atoms with E-state index in [0.717, 1.165) is 23.7 Å². The van der Waals surface area contributed by atoms with Crippen molar-refractivity contribution in [1.29, 1.82) is 0 Å². The molecular formula is C21H24N2O4S. The molecule has 1 N–H and O–H groups in total. The monoisotopic (exact) mass is 400 g/mol. The van der Waals surface area contributed by atoms with E-state index in [-0.39, 0.29) is 4.90 Å². The molecule has 0 spiro atoms. The van der Waals surface area contributed by atoms with E-state index in [1.54, 1.807) is 12.1 Å². The minimum absolute atomic E-state index is 0.107. The molecule has 0 saturated heterocycles. The zero-order valence-corrected chi connectivity index (χ0v) is 16.8. The van der Waals surface area contributed by atoms with Gasteiger partial charge in [0, 0.05) is 11.5 Å². The molecule has 148 valence electrons. The van der Waals surface area contributed by atoms with Crippen LogP contribution in [0.2, 0.25) is 0 Å². The number of fused-ring (bicyclic) bond motifs is 1. The maximum atomic E-state index is 12.9. The highest BCUT2D eigenvalue weighted by atomic mass is 32.2. The Balaban J connectivity index is 1.88. The smallest absolute Gasteiger partial charge is 0.262 e. The highest BCUT2D eigenvalue weighted by molar-refractivity contribution is 7.92. The first-order valence-electron chi connectivity index (χ1n) is 9.30. The van der Waals surface area contributed by atoms with Crippen LogP contribution in [0.25, 0.3) is 10.9 Å². The fourth-order valence-corrected chi connectivity index (χ4v) is 3.70. The summed E-state index contributed by atoms with van der Waals surface area (Å²) in [6.07, 6.45) is 3.17. The van der Waals surface area contributed by atoms with Crippen LogP contribution in [-0.2, 0) is 10.0 Å². The number of hydrogen-bond donors (Lipinski definition) is 1. The second-order valence-electron chi connectivity index (χ2n) is 6.33. The molecule has 0 aliphatic heterocycles. The third-order valence-corrected chi connectivity index (χ3v) is 5.37. The maximum Gasteiger partial charge on any atom is 0.262 e. The lowest BCUT2D eigenvalue weighted by molar-refractivity contribution is 0.267. The number of nitrogens with zero attached hydrogens (tertiary/aromatic N) is 1. The number of hydrogen-bond acceptors (Lipinski definition) is 5. The normalized spacial score (nSPS) is 11.4. The number of sulfonamides is 1. The quantitative estimate of drug-likeness (QED) is 0.567. The molecular weight excluding hydrogens is 376 g/mol. The number of pyridine rings is 1. The van der Waals surface area contributed by atoms with Gasteiger partial charge in [-0.3, -0.25) is 9.71 Å². The summed E-state index contributed by atoms with van der Waals surface area (Å²) in [5.41, 5.74) is 1.21. The molecule has 1 aromatic heterocycles. The van der Waals surface area contributed by atoms with Crippen LogP contribution in [0.1, 0.15) is 26.7 Å². The van der Waals surface area contributed by atoms with Crippen molar-refractivity contribution in [2.24, 2.45) is 0 Å². The zero-order valence-electron chi connectivity index (χ0n) is 16.0. The Hall–Kier alpha value is -2.80. The number of benzene rings is 2. The van der Waals surface area contributed by atoms with E-state index in [9.17, 15) is 8.42 Å². The molecule has 0 amide bonds. The molecule has 0 fully saturated rings. The van der Waals surface area contributed by atoms with E-state index < -0.39 is 10.0 Å². The average molecular weight is 401 g/mol. The second-order valence-corrected chi connectivity index (χ2v) is 8.01. The number of nitrogens with one attached hydrogen (secondary N) is 1.